The van der Waals surface area contributed by atoms with E-state index in [-0.39, 0.29) is 11.5 Å². The van der Waals surface area contributed by atoms with Gasteiger partial charge in [-0.25, -0.2) is 0 Å². The van der Waals surface area contributed by atoms with Crippen LogP contribution in [-0.2, 0) is 11.3 Å². The van der Waals surface area contributed by atoms with Crippen LogP contribution in [0.2, 0.25) is 0 Å². The lowest BCUT2D eigenvalue weighted by Crippen LogP contribution is -2.24. The molecule has 0 bridgehead atoms. The smallest absolute Gasteiger partial charge is 0.262 e. The average molecular weight is 436 g/mol. The molecular formula is C23H25N5O2S. The maximum absolute atomic E-state index is 13.1. The molecule has 0 aliphatic heterocycles. The van der Waals surface area contributed by atoms with Gasteiger partial charge in [0.25, 0.3) is 5.56 Å². The molecule has 0 aliphatic carbocycles. The molecule has 2 aromatic heterocycles. The van der Waals surface area contributed by atoms with E-state index in [2.05, 4.69) is 22.4 Å². The van der Waals surface area contributed by atoms with E-state index < -0.39 is 5.25 Å². The molecule has 1 N–H and O–H groups in total. The van der Waals surface area contributed by atoms with Gasteiger partial charge < -0.3 is 5.32 Å². The summed E-state index contributed by atoms with van der Waals surface area (Å²) >= 11 is 1.33. The van der Waals surface area contributed by atoms with E-state index in [0.29, 0.717) is 22.9 Å². The summed E-state index contributed by atoms with van der Waals surface area (Å²) in [5.74, 6) is 0.395. The predicted molar refractivity (Wildman–Crippen MR) is 125 cm³/mol. The first-order chi connectivity index (χ1) is 15.1. The molecule has 0 saturated carbocycles. The highest BCUT2D eigenvalue weighted by atomic mass is 32.2. The fourth-order valence-corrected chi connectivity index (χ4v) is 4.36. The SMILES string of the molecule is CCCCCn1c(=O)c2ccccc2n2c(SC(C)C(=O)Nc3ccccc3)nnc12. The molecule has 160 valence electrons. The summed E-state index contributed by atoms with van der Waals surface area (Å²) in [6.45, 7) is 4.56. The molecule has 0 radical (unpaired) electrons. The molecular weight excluding hydrogens is 410 g/mol. The van der Waals surface area contributed by atoms with Crippen molar-refractivity contribution in [2.45, 2.75) is 50.1 Å². The molecule has 31 heavy (non-hydrogen) atoms. The summed E-state index contributed by atoms with van der Waals surface area (Å²) < 4.78 is 3.59. The number of hydrogen-bond donors (Lipinski definition) is 1. The number of unbranched alkanes of at least 4 members (excludes halogenated alkanes) is 2. The van der Waals surface area contributed by atoms with E-state index in [1.54, 1.807) is 4.57 Å². The normalized spacial score (nSPS) is 12.3. The number of para-hydroxylation sites is 2. The van der Waals surface area contributed by atoms with Crippen LogP contribution in [0.15, 0.2) is 64.5 Å². The molecule has 0 spiro atoms. The number of amides is 1. The Morgan fingerprint density at radius 2 is 1.81 bits per heavy atom. The van der Waals surface area contributed by atoms with Crippen LogP contribution in [0.25, 0.3) is 16.7 Å². The number of benzene rings is 2. The van der Waals surface area contributed by atoms with Crippen LogP contribution in [0.5, 0.6) is 0 Å². The quantitative estimate of drug-likeness (QED) is 0.329. The van der Waals surface area contributed by atoms with Gasteiger partial charge in [-0.2, -0.15) is 0 Å². The number of carbonyl (C=O) groups is 1. The van der Waals surface area contributed by atoms with Gasteiger partial charge in [0.1, 0.15) is 0 Å². The number of rotatable bonds is 8. The second-order valence-corrected chi connectivity index (χ2v) is 8.72. The Kier molecular flexibility index (Phi) is 6.36. The van der Waals surface area contributed by atoms with Crippen molar-refractivity contribution in [1.82, 2.24) is 19.2 Å². The van der Waals surface area contributed by atoms with Crippen LogP contribution in [0.3, 0.4) is 0 Å². The summed E-state index contributed by atoms with van der Waals surface area (Å²) in [7, 11) is 0. The lowest BCUT2D eigenvalue weighted by atomic mass is 10.2. The zero-order valence-corrected chi connectivity index (χ0v) is 18.4. The predicted octanol–water partition coefficient (Wildman–Crippen LogP) is 4.35. The standard InChI is InChI=1S/C23H25N5O2S/c1-3-4-10-15-27-21(30)18-13-8-9-14-19(18)28-22(27)25-26-23(28)31-16(2)20(29)24-17-11-6-5-7-12-17/h5-9,11-14,16H,3-4,10,15H2,1-2H3,(H,24,29). The van der Waals surface area contributed by atoms with E-state index in [0.717, 1.165) is 30.5 Å². The number of aryl methyl sites for hydroxylation is 1. The Bertz CT molecular complexity index is 1270. The third-order valence-corrected chi connectivity index (χ3v) is 6.20. The Hall–Kier alpha value is -3.13. The van der Waals surface area contributed by atoms with Crippen LogP contribution >= 0.6 is 11.8 Å². The van der Waals surface area contributed by atoms with Gasteiger partial charge in [-0.15, -0.1) is 10.2 Å². The number of nitrogens with one attached hydrogen (secondary N) is 1. The summed E-state index contributed by atoms with van der Waals surface area (Å²) in [6.07, 6.45) is 3.01. The van der Waals surface area contributed by atoms with Gasteiger partial charge in [-0.1, -0.05) is 61.9 Å². The highest BCUT2D eigenvalue weighted by molar-refractivity contribution is 8.00. The lowest BCUT2D eigenvalue weighted by molar-refractivity contribution is -0.115. The number of thioether (sulfide) groups is 1. The second-order valence-electron chi connectivity index (χ2n) is 7.41. The van der Waals surface area contributed by atoms with Crippen LogP contribution in [-0.4, -0.2) is 30.3 Å². The highest BCUT2D eigenvalue weighted by Gasteiger charge is 2.21. The van der Waals surface area contributed by atoms with Gasteiger partial charge >= 0.3 is 0 Å². The van der Waals surface area contributed by atoms with Gasteiger partial charge in [0.2, 0.25) is 11.7 Å². The maximum Gasteiger partial charge on any atom is 0.262 e. The van der Waals surface area contributed by atoms with E-state index in [9.17, 15) is 9.59 Å². The summed E-state index contributed by atoms with van der Waals surface area (Å²) in [4.78, 5) is 25.8. The first-order valence-electron chi connectivity index (χ1n) is 10.5. The van der Waals surface area contributed by atoms with E-state index in [4.69, 9.17) is 0 Å². The summed E-state index contributed by atoms with van der Waals surface area (Å²) in [5, 5.41) is 12.4. The second kappa shape index (κ2) is 9.34. The largest absolute Gasteiger partial charge is 0.325 e. The first kappa shape index (κ1) is 21.1. The van der Waals surface area contributed by atoms with Crippen molar-refractivity contribution in [2.24, 2.45) is 0 Å². The van der Waals surface area contributed by atoms with Gasteiger partial charge in [-0.05, 0) is 37.6 Å². The number of nitrogens with zero attached hydrogens (tertiary/aromatic N) is 4. The molecule has 4 aromatic rings. The van der Waals surface area contributed by atoms with Crippen molar-refractivity contribution in [2.75, 3.05) is 5.32 Å². The molecule has 8 heteroatoms. The molecule has 0 fully saturated rings. The number of aromatic nitrogens is 4. The molecule has 2 aromatic carbocycles. The zero-order valence-electron chi connectivity index (χ0n) is 17.6. The molecule has 4 rings (SSSR count). The minimum Gasteiger partial charge on any atom is -0.325 e. The molecule has 7 nitrogen and oxygen atoms in total. The minimum atomic E-state index is -0.396. The van der Waals surface area contributed by atoms with Crippen molar-refractivity contribution in [3.63, 3.8) is 0 Å². The summed E-state index contributed by atoms with van der Waals surface area (Å²) in [6, 6.07) is 16.8. The number of fused-ring (bicyclic) bond motifs is 3. The Balaban J connectivity index is 1.70. The topological polar surface area (TPSA) is 81.3 Å². The van der Waals surface area contributed by atoms with Crippen molar-refractivity contribution < 1.29 is 4.79 Å². The van der Waals surface area contributed by atoms with Crippen molar-refractivity contribution in [3.8, 4) is 0 Å². The van der Waals surface area contributed by atoms with Crippen LogP contribution in [0.4, 0.5) is 5.69 Å². The third-order valence-electron chi connectivity index (χ3n) is 5.16. The Labute approximate surface area is 184 Å². The Morgan fingerprint density at radius 1 is 1.06 bits per heavy atom. The molecule has 1 amide bonds. The molecule has 1 atom stereocenters. The monoisotopic (exact) mass is 435 g/mol. The Morgan fingerprint density at radius 3 is 2.58 bits per heavy atom. The fourth-order valence-electron chi connectivity index (χ4n) is 3.51. The highest BCUT2D eigenvalue weighted by Crippen LogP contribution is 2.26. The van der Waals surface area contributed by atoms with Gasteiger partial charge in [0.15, 0.2) is 5.16 Å². The average Bonchev–Trinajstić information content (AvgIpc) is 3.20. The van der Waals surface area contributed by atoms with Gasteiger partial charge in [-0.3, -0.25) is 18.6 Å². The maximum atomic E-state index is 13.1. The van der Waals surface area contributed by atoms with Crippen molar-refractivity contribution >= 4 is 40.0 Å². The van der Waals surface area contributed by atoms with Crippen molar-refractivity contribution in [3.05, 3.63) is 65.0 Å². The third kappa shape index (κ3) is 4.34. The fraction of sp³-hybridized carbons (Fsp3) is 0.304. The molecule has 0 saturated heterocycles. The van der Waals surface area contributed by atoms with Crippen LogP contribution in [0, 0.1) is 0 Å². The van der Waals surface area contributed by atoms with Gasteiger partial charge in [0, 0.05) is 12.2 Å². The van der Waals surface area contributed by atoms with Gasteiger partial charge in [0.05, 0.1) is 16.2 Å². The molecule has 0 aliphatic rings. The zero-order chi connectivity index (χ0) is 21.8. The number of anilines is 1. The lowest BCUT2D eigenvalue weighted by Gasteiger charge is -2.13. The van der Waals surface area contributed by atoms with Crippen LogP contribution < -0.4 is 10.9 Å². The molecule has 1 unspecified atom stereocenters. The summed E-state index contributed by atoms with van der Waals surface area (Å²) in [5.41, 5.74) is 1.44. The number of hydrogen-bond acceptors (Lipinski definition) is 5. The number of carbonyl (C=O) groups excluding carboxylic acids is 1. The first-order valence-corrected chi connectivity index (χ1v) is 11.4. The van der Waals surface area contributed by atoms with E-state index >= 15 is 0 Å². The van der Waals surface area contributed by atoms with Crippen molar-refractivity contribution in [1.29, 1.82) is 0 Å². The minimum absolute atomic E-state index is 0.0574. The molecule has 2 heterocycles. The van der Waals surface area contributed by atoms with E-state index in [1.165, 1.54) is 11.8 Å². The van der Waals surface area contributed by atoms with E-state index in [1.807, 2.05) is 65.9 Å². The van der Waals surface area contributed by atoms with Crippen LogP contribution in [0.1, 0.15) is 33.1 Å².